The van der Waals surface area contributed by atoms with E-state index in [-0.39, 0.29) is 11.9 Å². The van der Waals surface area contributed by atoms with Crippen LogP contribution in [0.15, 0.2) is 48.5 Å². The van der Waals surface area contributed by atoms with Gasteiger partial charge in [-0.25, -0.2) is 4.39 Å². The van der Waals surface area contributed by atoms with Gasteiger partial charge in [-0.2, -0.15) is 0 Å². The minimum absolute atomic E-state index is 0.137. The van der Waals surface area contributed by atoms with Crippen molar-refractivity contribution in [1.82, 2.24) is 5.32 Å². The van der Waals surface area contributed by atoms with Gasteiger partial charge in [-0.15, -0.1) is 0 Å². The van der Waals surface area contributed by atoms with E-state index < -0.39 is 6.10 Å². The summed E-state index contributed by atoms with van der Waals surface area (Å²) in [4.78, 5) is 0. The van der Waals surface area contributed by atoms with Crippen molar-refractivity contribution in [3.05, 3.63) is 65.5 Å². The molecular weight excluding hydrogens is 281 g/mol. The molecule has 2 aromatic carbocycles. The van der Waals surface area contributed by atoms with Gasteiger partial charge >= 0.3 is 0 Å². The van der Waals surface area contributed by atoms with E-state index in [4.69, 9.17) is 4.74 Å². The third-order valence-electron chi connectivity index (χ3n) is 3.64. The highest BCUT2D eigenvalue weighted by atomic mass is 19.1. The Balaban J connectivity index is 1.90. The van der Waals surface area contributed by atoms with Crippen LogP contribution in [0, 0.1) is 5.82 Å². The lowest BCUT2D eigenvalue weighted by atomic mass is 10.0. The van der Waals surface area contributed by atoms with Gasteiger partial charge in [0, 0.05) is 18.2 Å². The molecule has 0 aliphatic carbocycles. The highest BCUT2D eigenvalue weighted by molar-refractivity contribution is 5.33. The van der Waals surface area contributed by atoms with Gasteiger partial charge in [0.25, 0.3) is 0 Å². The summed E-state index contributed by atoms with van der Waals surface area (Å²) in [5.41, 5.74) is 1.42. The molecule has 0 heterocycles. The predicted molar refractivity (Wildman–Crippen MR) is 85.5 cm³/mol. The second-order valence-corrected chi connectivity index (χ2v) is 5.36. The summed E-state index contributed by atoms with van der Waals surface area (Å²) in [6.07, 6.45) is -0.0881. The second kappa shape index (κ2) is 7.92. The van der Waals surface area contributed by atoms with Crippen LogP contribution >= 0.6 is 0 Å². The lowest BCUT2D eigenvalue weighted by Gasteiger charge is -2.19. The number of ether oxygens (including phenoxy) is 1. The fraction of sp³-hybridized carbons (Fsp3) is 0.333. The minimum Gasteiger partial charge on any atom is -0.496 e. The Morgan fingerprint density at radius 3 is 2.55 bits per heavy atom. The summed E-state index contributed by atoms with van der Waals surface area (Å²) in [5.74, 6) is 0.472. The van der Waals surface area contributed by atoms with E-state index in [0.29, 0.717) is 12.1 Å². The summed E-state index contributed by atoms with van der Waals surface area (Å²) in [6, 6.07) is 14.3. The zero-order valence-electron chi connectivity index (χ0n) is 12.9. The van der Waals surface area contributed by atoms with Gasteiger partial charge in [0.15, 0.2) is 0 Å². The molecule has 0 amide bonds. The fourth-order valence-corrected chi connectivity index (χ4v) is 2.44. The topological polar surface area (TPSA) is 41.5 Å². The molecule has 4 heteroatoms. The summed E-state index contributed by atoms with van der Waals surface area (Å²) in [5, 5.41) is 13.3. The SMILES string of the molecule is COc1ccccc1CC(C)NCC(O)c1ccccc1F. The van der Waals surface area contributed by atoms with Crippen molar-refractivity contribution >= 4 is 0 Å². The van der Waals surface area contributed by atoms with Crippen molar-refractivity contribution in [2.75, 3.05) is 13.7 Å². The van der Waals surface area contributed by atoms with Gasteiger partial charge in [0.05, 0.1) is 13.2 Å². The average Bonchev–Trinajstić information content (AvgIpc) is 2.53. The Bertz CT molecular complexity index is 603. The molecule has 22 heavy (non-hydrogen) atoms. The van der Waals surface area contributed by atoms with Crippen LogP contribution in [0.5, 0.6) is 5.75 Å². The molecule has 0 radical (unpaired) electrons. The number of para-hydroxylation sites is 1. The van der Waals surface area contributed by atoms with E-state index in [1.807, 2.05) is 31.2 Å². The number of benzene rings is 2. The molecule has 3 nitrogen and oxygen atoms in total. The van der Waals surface area contributed by atoms with Gasteiger partial charge in [-0.05, 0) is 31.0 Å². The Morgan fingerprint density at radius 2 is 1.82 bits per heavy atom. The van der Waals surface area contributed by atoms with Gasteiger partial charge in [0.1, 0.15) is 11.6 Å². The van der Waals surface area contributed by atoms with Gasteiger partial charge in [-0.1, -0.05) is 36.4 Å². The normalized spacial score (nSPS) is 13.6. The van der Waals surface area contributed by atoms with E-state index in [1.165, 1.54) is 6.07 Å². The molecule has 0 saturated carbocycles. The maximum atomic E-state index is 13.6. The van der Waals surface area contributed by atoms with E-state index in [0.717, 1.165) is 17.7 Å². The van der Waals surface area contributed by atoms with Crippen LogP contribution in [0.4, 0.5) is 4.39 Å². The molecule has 118 valence electrons. The summed E-state index contributed by atoms with van der Waals surface area (Å²) in [6.45, 7) is 2.33. The summed E-state index contributed by atoms with van der Waals surface area (Å²) in [7, 11) is 1.65. The maximum absolute atomic E-state index is 13.6. The number of methoxy groups -OCH3 is 1. The molecule has 0 aliphatic heterocycles. The molecule has 2 rings (SSSR count). The average molecular weight is 303 g/mol. The molecule has 0 fully saturated rings. The zero-order valence-corrected chi connectivity index (χ0v) is 12.9. The second-order valence-electron chi connectivity index (χ2n) is 5.36. The molecule has 0 bridgehead atoms. The van der Waals surface area contributed by atoms with Crippen molar-refractivity contribution in [1.29, 1.82) is 0 Å². The number of rotatable bonds is 7. The molecular formula is C18H22FNO2. The number of hydrogen-bond acceptors (Lipinski definition) is 3. The number of nitrogens with one attached hydrogen (secondary N) is 1. The van der Waals surface area contributed by atoms with Crippen LogP contribution in [0.1, 0.15) is 24.2 Å². The number of aliphatic hydroxyl groups is 1. The first-order chi connectivity index (χ1) is 10.6. The van der Waals surface area contributed by atoms with Crippen molar-refractivity contribution in [3.63, 3.8) is 0 Å². The van der Waals surface area contributed by atoms with E-state index in [1.54, 1.807) is 25.3 Å². The van der Waals surface area contributed by atoms with Crippen LogP contribution in [-0.2, 0) is 6.42 Å². The van der Waals surface area contributed by atoms with Crippen LogP contribution in [0.3, 0.4) is 0 Å². The number of halogens is 1. The minimum atomic E-state index is -0.860. The molecule has 0 saturated heterocycles. The van der Waals surface area contributed by atoms with E-state index in [2.05, 4.69) is 5.32 Å². The van der Waals surface area contributed by atoms with Gasteiger partial charge in [-0.3, -0.25) is 0 Å². The summed E-state index contributed by atoms with van der Waals surface area (Å²) >= 11 is 0. The third-order valence-corrected chi connectivity index (χ3v) is 3.64. The van der Waals surface area contributed by atoms with E-state index in [9.17, 15) is 9.50 Å². The molecule has 0 aromatic heterocycles. The highest BCUT2D eigenvalue weighted by Crippen LogP contribution is 2.19. The molecule has 2 unspecified atom stereocenters. The smallest absolute Gasteiger partial charge is 0.129 e. The summed E-state index contributed by atoms with van der Waals surface area (Å²) < 4.78 is 18.9. The molecule has 0 aliphatic rings. The number of hydrogen-bond donors (Lipinski definition) is 2. The first-order valence-corrected chi connectivity index (χ1v) is 7.39. The van der Waals surface area contributed by atoms with Gasteiger partial charge in [0.2, 0.25) is 0 Å². The van der Waals surface area contributed by atoms with Crippen molar-refractivity contribution < 1.29 is 14.2 Å². The third kappa shape index (κ3) is 4.29. The zero-order chi connectivity index (χ0) is 15.9. The van der Waals surface area contributed by atoms with Crippen molar-refractivity contribution in [2.45, 2.75) is 25.5 Å². The van der Waals surface area contributed by atoms with Crippen LogP contribution in [-0.4, -0.2) is 24.8 Å². The first kappa shape index (κ1) is 16.5. The fourth-order valence-electron chi connectivity index (χ4n) is 2.44. The molecule has 2 aromatic rings. The van der Waals surface area contributed by atoms with Crippen molar-refractivity contribution in [3.8, 4) is 5.75 Å². The highest BCUT2D eigenvalue weighted by Gasteiger charge is 2.14. The monoisotopic (exact) mass is 303 g/mol. The Hall–Kier alpha value is -1.91. The molecule has 0 spiro atoms. The lowest BCUT2D eigenvalue weighted by molar-refractivity contribution is 0.166. The Morgan fingerprint density at radius 1 is 1.14 bits per heavy atom. The van der Waals surface area contributed by atoms with E-state index >= 15 is 0 Å². The van der Waals surface area contributed by atoms with Gasteiger partial charge < -0.3 is 15.2 Å². The predicted octanol–water partition coefficient (Wildman–Crippen LogP) is 3.09. The number of aliphatic hydroxyl groups excluding tert-OH is 1. The Labute approximate surface area is 130 Å². The standard InChI is InChI=1S/C18H22FNO2/c1-13(11-14-7-3-6-10-18(14)22-2)20-12-17(21)15-8-4-5-9-16(15)19/h3-10,13,17,20-21H,11-12H2,1-2H3. The van der Waals surface area contributed by atoms with Crippen molar-refractivity contribution in [2.24, 2.45) is 0 Å². The van der Waals surface area contributed by atoms with Crippen LogP contribution < -0.4 is 10.1 Å². The van der Waals surface area contributed by atoms with Crippen LogP contribution in [0.2, 0.25) is 0 Å². The largest absolute Gasteiger partial charge is 0.496 e. The maximum Gasteiger partial charge on any atom is 0.129 e. The van der Waals surface area contributed by atoms with Crippen LogP contribution in [0.25, 0.3) is 0 Å². The Kier molecular flexibility index (Phi) is 5.92. The molecule has 2 atom stereocenters. The lowest BCUT2D eigenvalue weighted by Crippen LogP contribution is -2.32. The first-order valence-electron chi connectivity index (χ1n) is 7.39. The quantitative estimate of drug-likeness (QED) is 0.826. The molecule has 2 N–H and O–H groups in total.